The normalized spacial score (nSPS) is 18.1. The van der Waals surface area contributed by atoms with Crippen molar-refractivity contribution in [1.82, 2.24) is 29.5 Å². The van der Waals surface area contributed by atoms with E-state index in [1.807, 2.05) is 22.6 Å². The standard InChI is InChI=1S/C37H37ClN8O3/c1-47-29-19-31(34(38)33(20-29)48-2)32-16-25-21-39-37(42-35(25)46-23-40-43-36(32)46)41-26-8-10-27(11-9-26)44-12-14-45(15-13-44)28-17-30(18-28)49-22-24-6-4-3-5-7-24/h3-11,16,19-21,23,28,30H,12-15,17-18,22H2,1-2H3,(H,39,41,42). The second kappa shape index (κ2) is 13.5. The summed E-state index contributed by atoms with van der Waals surface area (Å²) in [6.45, 7) is 4.86. The zero-order valence-corrected chi connectivity index (χ0v) is 28.2. The molecule has 0 bridgehead atoms. The van der Waals surface area contributed by atoms with Crippen LogP contribution in [0.1, 0.15) is 18.4 Å². The summed E-state index contributed by atoms with van der Waals surface area (Å²) >= 11 is 6.74. The van der Waals surface area contributed by atoms with Gasteiger partial charge in [0.2, 0.25) is 5.95 Å². The molecule has 8 rings (SSSR count). The van der Waals surface area contributed by atoms with Gasteiger partial charge in [0.05, 0.1) is 32.0 Å². The SMILES string of the molecule is COc1cc(OC)c(Cl)c(-c2cc3cnc(Nc4ccc(N5CCN(C6CC(OCc7ccccc7)C6)CC5)cc4)nc3n3cnnc23)c1. The molecule has 11 nitrogen and oxygen atoms in total. The lowest BCUT2D eigenvalue weighted by Crippen LogP contribution is -2.55. The van der Waals surface area contributed by atoms with E-state index < -0.39 is 0 Å². The maximum atomic E-state index is 6.74. The van der Waals surface area contributed by atoms with Gasteiger partial charge in [-0.15, -0.1) is 10.2 Å². The second-order valence-corrected chi connectivity index (χ2v) is 12.9. The van der Waals surface area contributed by atoms with Gasteiger partial charge in [-0.25, -0.2) is 4.98 Å². The largest absolute Gasteiger partial charge is 0.497 e. The first kappa shape index (κ1) is 31.3. The Kier molecular flexibility index (Phi) is 8.63. The Labute approximate surface area is 289 Å². The van der Waals surface area contributed by atoms with E-state index in [-0.39, 0.29) is 0 Å². The molecule has 1 N–H and O–H groups in total. The number of hydrogen-bond acceptors (Lipinski definition) is 10. The van der Waals surface area contributed by atoms with Gasteiger partial charge in [0.1, 0.15) is 17.8 Å². The molecule has 1 aliphatic heterocycles. The van der Waals surface area contributed by atoms with Crippen LogP contribution in [0.15, 0.2) is 85.3 Å². The highest BCUT2D eigenvalue weighted by molar-refractivity contribution is 6.35. The first-order valence-corrected chi connectivity index (χ1v) is 16.9. The molecule has 2 aliphatic rings. The van der Waals surface area contributed by atoms with E-state index in [0.717, 1.165) is 55.7 Å². The number of benzene rings is 3. The molecule has 0 unspecified atom stereocenters. The zero-order valence-electron chi connectivity index (χ0n) is 27.4. The van der Waals surface area contributed by atoms with Gasteiger partial charge < -0.3 is 24.4 Å². The molecule has 4 heterocycles. The number of hydrogen-bond donors (Lipinski definition) is 1. The number of anilines is 3. The van der Waals surface area contributed by atoms with Gasteiger partial charge in [0.15, 0.2) is 11.3 Å². The summed E-state index contributed by atoms with van der Waals surface area (Å²) in [4.78, 5) is 14.5. The molecule has 1 aliphatic carbocycles. The minimum Gasteiger partial charge on any atom is -0.497 e. The average molecular weight is 677 g/mol. The van der Waals surface area contributed by atoms with Gasteiger partial charge in [-0.1, -0.05) is 41.9 Å². The van der Waals surface area contributed by atoms with Crippen LogP contribution in [0.4, 0.5) is 17.3 Å². The third-order valence-corrected chi connectivity index (χ3v) is 9.98. The van der Waals surface area contributed by atoms with E-state index in [0.29, 0.717) is 58.1 Å². The number of ether oxygens (including phenoxy) is 3. The van der Waals surface area contributed by atoms with Gasteiger partial charge in [0.25, 0.3) is 0 Å². The maximum Gasteiger partial charge on any atom is 0.229 e. The first-order valence-electron chi connectivity index (χ1n) is 16.5. The number of nitrogens with zero attached hydrogens (tertiary/aromatic N) is 7. The molecule has 0 atom stereocenters. The Balaban J connectivity index is 0.908. The molecule has 3 aromatic carbocycles. The molecule has 6 aromatic rings. The molecule has 250 valence electrons. The van der Waals surface area contributed by atoms with Crippen molar-refractivity contribution in [2.75, 3.05) is 50.6 Å². The van der Waals surface area contributed by atoms with E-state index >= 15 is 0 Å². The zero-order chi connectivity index (χ0) is 33.3. The summed E-state index contributed by atoms with van der Waals surface area (Å²) in [5, 5.41) is 13.2. The Bertz CT molecular complexity index is 2080. The summed E-state index contributed by atoms with van der Waals surface area (Å²) < 4.78 is 18.9. The minimum absolute atomic E-state index is 0.373. The Morgan fingerprint density at radius 2 is 1.67 bits per heavy atom. The van der Waals surface area contributed by atoms with Gasteiger partial charge in [-0.05, 0) is 54.8 Å². The number of fused-ring (bicyclic) bond motifs is 3. The summed E-state index contributed by atoms with van der Waals surface area (Å²) in [5.41, 5.74) is 6.11. The van der Waals surface area contributed by atoms with Crippen molar-refractivity contribution in [3.63, 3.8) is 0 Å². The van der Waals surface area contributed by atoms with Gasteiger partial charge in [-0.2, -0.15) is 4.98 Å². The van der Waals surface area contributed by atoms with Crippen molar-refractivity contribution in [3.8, 4) is 22.6 Å². The molecule has 0 amide bonds. The molecule has 1 saturated heterocycles. The monoisotopic (exact) mass is 676 g/mol. The second-order valence-electron chi connectivity index (χ2n) is 12.5. The number of rotatable bonds is 10. The van der Waals surface area contributed by atoms with Crippen molar-refractivity contribution in [2.45, 2.75) is 31.6 Å². The number of aromatic nitrogens is 5. The smallest absolute Gasteiger partial charge is 0.229 e. The fraction of sp³-hybridized carbons (Fsp3) is 0.297. The Hall–Kier alpha value is -4.97. The summed E-state index contributed by atoms with van der Waals surface area (Å²) in [5.74, 6) is 1.60. The predicted octanol–water partition coefficient (Wildman–Crippen LogP) is 6.62. The van der Waals surface area contributed by atoms with Gasteiger partial charge >= 0.3 is 0 Å². The van der Waals surface area contributed by atoms with Crippen LogP contribution >= 0.6 is 11.6 Å². The fourth-order valence-corrected chi connectivity index (χ4v) is 7.04. The minimum atomic E-state index is 0.373. The average Bonchev–Trinajstić information content (AvgIpc) is 3.63. The van der Waals surface area contributed by atoms with Crippen molar-refractivity contribution < 1.29 is 14.2 Å². The van der Waals surface area contributed by atoms with E-state index in [2.05, 4.69) is 78.8 Å². The predicted molar refractivity (Wildman–Crippen MR) is 191 cm³/mol. The molecule has 0 radical (unpaired) electrons. The molecular formula is C37H37ClN8O3. The van der Waals surface area contributed by atoms with E-state index in [4.69, 9.17) is 30.8 Å². The quantitative estimate of drug-likeness (QED) is 0.170. The van der Waals surface area contributed by atoms with Crippen LogP contribution in [0.5, 0.6) is 11.5 Å². The molecule has 3 aromatic heterocycles. The summed E-state index contributed by atoms with van der Waals surface area (Å²) in [7, 11) is 3.18. The van der Waals surface area contributed by atoms with Crippen molar-refractivity contribution in [1.29, 1.82) is 0 Å². The van der Waals surface area contributed by atoms with Crippen molar-refractivity contribution >= 4 is 45.6 Å². The van der Waals surface area contributed by atoms with Crippen molar-refractivity contribution in [3.05, 3.63) is 95.9 Å². The third-order valence-electron chi connectivity index (χ3n) is 9.59. The number of nitrogens with one attached hydrogen (secondary N) is 1. The van der Waals surface area contributed by atoms with Gasteiger partial charge in [-0.3, -0.25) is 9.30 Å². The molecule has 2 fully saturated rings. The topological polar surface area (TPSA) is 102 Å². The van der Waals surface area contributed by atoms with Crippen LogP contribution in [0, 0.1) is 0 Å². The highest BCUT2D eigenvalue weighted by atomic mass is 35.5. The summed E-state index contributed by atoms with van der Waals surface area (Å²) in [6, 6.07) is 25.1. The lowest BCUT2D eigenvalue weighted by atomic mass is 9.87. The van der Waals surface area contributed by atoms with Gasteiger partial charge in [0, 0.05) is 72.4 Å². The number of piperazine rings is 1. The fourth-order valence-electron chi connectivity index (χ4n) is 6.75. The number of pyridine rings is 1. The Morgan fingerprint density at radius 3 is 2.43 bits per heavy atom. The maximum absolute atomic E-state index is 6.74. The summed E-state index contributed by atoms with van der Waals surface area (Å²) in [6.07, 6.45) is 6.05. The van der Waals surface area contributed by atoms with Crippen LogP contribution in [-0.4, -0.2) is 82.0 Å². The molecule has 12 heteroatoms. The molecular weight excluding hydrogens is 640 g/mol. The molecule has 0 spiro atoms. The number of methoxy groups -OCH3 is 2. The number of halogens is 1. The Morgan fingerprint density at radius 1 is 0.878 bits per heavy atom. The van der Waals surface area contributed by atoms with Crippen LogP contribution in [0.2, 0.25) is 5.02 Å². The van der Waals surface area contributed by atoms with Crippen LogP contribution in [0.3, 0.4) is 0 Å². The van der Waals surface area contributed by atoms with Crippen molar-refractivity contribution in [2.24, 2.45) is 0 Å². The van der Waals surface area contributed by atoms with Crippen LogP contribution in [0.25, 0.3) is 27.8 Å². The van der Waals surface area contributed by atoms with E-state index in [9.17, 15) is 0 Å². The first-order chi connectivity index (χ1) is 24.1. The molecule has 1 saturated carbocycles. The molecule has 49 heavy (non-hydrogen) atoms. The lowest BCUT2D eigenvalue weighted by Gasteiger charge is -2.46. The van der Waals surface area contributed by atoms with E-state index in [1.165, 1.54) is 11.3 Å². The lowest BCUT2D eigenvalue weighted by molar-refractivity contribution is -0.0598. The van der Waals surface area contributed by atoms with Crippen LogP contribution in [-0.2, 0) is 11.3 Å². The highest BCUT2D eigenvalue weighted by Crippen LogP contribution is 2.41. The van der Waals surface area contributed by atoms with Crippen LogP contribution < -0.4 is 19.7 Å². The third kappa shape index (κ3) is 6.32. The highest BCUT2D eigenvalue weighted by Gasteiger charge is 2.35. The van der Waals surface area contributed by atoms with E-state index in [1.54, 1.807) is 32.8 Å².